The van der Waals surface area contributed by atoms with Gasteiger partial charge in [-0.3, -0.25) is 4.79 Å². The summed E-state index contributed by atoms with van der Waals surface area (Å²) in [5.41, 5.74) is 0.862. The Morgan fingerprint density at radius 3 is 2.67 bits per heavy atom. The molecule has 1 amide bonds. The number of amides is 1. The minimum atomic E-state index is -0.261. The average Bonchev–Trinajstić information content (AvgIpc) is 3.17. The Balaban J connectivity index is 1.83. The van der Waals surface area contributed by atoms with Crippen LogP contribution >= 0.6 is 11.6 Å². The van der Waals surface area contributed by atoms with Crippen molar-refractivity contribution in [3.05, 3.63) is 28.8 Å². The number of hydrogen-bond acceptors (Lipinski definition) is 3. The van der Waals surface area contributed by atoms with Crippen LogP contribution in [0.5, 0.6) is 5.75 Å². The maximum atomic E-state index is 11.7. The fourth-order valence-corrected chi connectivity index (χ4v) is 2.18. The number of ether oxygens (including phenoxy) is 1. The van der Waals surface area contributed by atoms with Crippen molar-refractivity contribution in [2.75, 3.05) is 6.61 Å². The lowest BCUT2D eigenvalue weighted by molar-refractivity contribution is -0.124. The van der Waals surface area contributed by atoms with Crippen molar-refractivity contribution >= 4 is 17.5 Å². The third-order valence-corrected chi connectivity index (χ3v) is 3.34. The van der Waals surface area contributed by atoms with Gasteiger partial charge in [-0.05, 0) is 51.3 Å². The molecule has 1 aliphatic rings. The molecule has 2 N–H and O–H groups in total. The van der Waals surface area contributed by atoms with E-state index in [9.17, 15) is 4.79 Å². The van der Waals surface area contributed by atoms with E-state index < -0.39 is 0 Å². The van der Waals surface area contributed by atoms with E-state index in [0.717, 1.165) is 12.1 Å². The van der Waals surface area contributed by atoms with Crippen LogP contribution in [0, 0.1) is 0 Å². The maximum absolute atomic E-state index is 11.7. The molecule has 21 heavy (non-hydrogen) atoms. The van der Waals surface area contributed by atoms with Crippen molar-refractivity contribution in [3.63, 3.8) is 0 Å². The van der Waals surface area contributed by atoms with E-state index in [-0.39, 0.29) is 18.1 Å². The number of carbonyl (C=O) groups excluding carboxylic acids is 1. The monoisotopic (exact) mass is 310 g/mol. The molecule has 4 nitrogen and oxygen atoms in total. The summed E-state index contributed by atoms with van der Waals surface area (Å²) < 4.78 is 5.47. The zero-order valence-corrected chi connectivity index (χ0v) is 13.6. The molecule has 0 heterocycles. The summed E-state index contributed by atoms with van der Waals surface area (Å²) in [6.45, 7) is 6.57. The molecule has 1 aromatic carbocycles. The fraction of sp³-hybridized carbons (Fsp3) is 0.562. The first-order valence-electron chi connectivity index (χ1n) is 7.29. The number of nitrogens with one attached hydrogen (secondary N) is 2. The molecule has 1 aliphatic carbocycles. The van der Waals surface area contributed by atoms with Gasteiger partial charge in [0.1, 0.15) is 5.75 Å². The van der Waals surface area contributed by atoms with Crippen LogP contribution in [0.15, 0.2) is 18.2 Å². The van der Waals surface area contributed by atoms with E-state index in [0.29, 0.717) is 16.8 Å². The molecule has 0 unspecified atom stereocenters. The summed E-state index contributed by atoms with van der Waals surface area (Å²) in [6, 6.07) is 6.34. The van der Waals surface area contributed by atoms with Crippen molar-refractivity contribution in [3.8, 4) is 5.75 Å². The molecule has 1 fully saturated rings. The van der Waals surface area contributed by atoms with E-state index in [2.05, 4.69) is 10.6 Å². The first-order valence-corrected chi connectivity index (χ1v) is 7.67. The highest BCUT2D eigenvalue weighted by atomic mass is 35.5. The molecule has 0 aromatic heterocycles. The zero-order valence-electron chi connectivity index (χ0n) is 12.8. The molecular formula is C16H23ClN2O2. The molecule has 0 atom stereocenters. The Morgan fingerprint density at radius 1 is 1.38 bits per heavy atom. The number of benzene rings is 1. The Kier molecular flexibility index (Phi) is 5.12. The van der Waals surface area contributed by atoms with Crippen LogP contribution in [-0.4, -0.2) is 24.1 Å². The molecule has 1 aromatic rings. The third-order valence-electron chi connectivity index (χ3n) is 3.04. The summed E-state index contributed by atoms with van der Waals surface area (Å²) in [6.07, 6.45) is 2.52. The van der Waals surface area contributed by atoms with Crippen LogP contribution in [0.4, 0.5) is 0 Å². The normalized spacial score (nSPS) is 14.9. The average molecular weight is 311 g/mol. The Morgan fingerprint density at radius 2 is 2.10 bits per heavy atom. The third kappa shape index (κ3) is 5.94. The number of rotatable bonds is 6. The fourth-order valence-electron chi connectivity index (χ4n) is 1.92. The second-order valence-electron chi connectivity index (χ2n) is 6.51. The second kappa shape index (κ2) is 6.67. The van der Waals surface area contributed by atoms with Crippen LogP contribution in [0.25, 0.3) is 0 Å². The minimum Gasteiger partial charge on any atom is -0.482 e. The van der Waals surface area contributed by atoms with Gasteiger partial charge in [0, 0.05) is 18.1 Å². The van der Waals surface area contributed by atoms with Gasteiger partial charge in [-0.15, -0.1) is 0 Å². The summed E-state index contributed by atoms with van der Waals surface area (Å²) in [5.74, 6) is 0.383. The summed E-state index contributed by atoms with van der Waals surface area (Å²) >= 11 is 6.19. The van der Waals surface area contributed by atoms with Crippen LogP contribution in [-0.2, 0) is 11.3 Å². The largest absolute Gasteiger partial charge is 0.482 e. The van der Waals surface area contributed by atoms with Gasteiger partial charge in [0.2, 0.25) is 0 Å². The van der Waals surface area contributed by atoms with Crippen LogP contribution in [0.2, 0.25) is 5.02 Å². The lowest BCUT2D eigenvalue weighted by atomic mass is 10.1. The standard InChI is InChI=1S/C16H23ClN2O2/c1-16(2,3)19-15(20)10-21-14-7-4-11(8-13(14)17)9-18-12-5-6-12/h4,7-8,12,18H,5-6,9-10H2,1-3H3,(H,19,20). The topological polar surface area (TPSA) is 50.4 Å². The van der Waals surface area contributed by atoms with Crippen molar-refractivity contribution in [2.24, 2.45) is 0 Å². The molecule has 5 heteroatoms. The van der Waals surface area contributed by atoms with Crippen LogP contribution in [0.1, 0.15) is 39.2 Å². The Labute approximate surface area is 131 Å². The van der Waals surface area contributed by atoms with Gasteiger partial charge < -0.3 is 15.4 Å². The number of halogens is 1. The molecule has 0 radical (unpaired) electrons. The predicted octanol–water partition coefficient (Wildman–Crippen LogP) is 2.89. The molecule has 0 spiro atoms. The molecule has 1 saturated carbocycles. The van der Waals surface area contributed by atoms with Crippen molar-refractivity contribution in [2.45, 2.75) is 51.7 Å². The summed E-state index contributed by atoms with van der Waals surface area (Å²) in [7, 11) is 0. The maximum Gasteiger partial charge on any atom is 0.258 e. The van der Waals surface area contributed by atoms with Gasteiger partial charge in [0.15, 0.2) is 6.61 Å². The SMILES string of the molecule is CC(C)(C)NC(=O)COc1ccc(CNC2CC2)cc1Cl. The lowest BCUT2D eigenvalue weighted by Gasteiger charge is -2.20. The van der Waals surface area contributed by atoms with E-state index >= 15 is 0 Å². The highest BCUT2D eigenvalue weighted by Gasteiger charge is 2.20. The zero-order chi connectivity index (χ0) is 15.5. The van der Waals surface area contributed by atoms with E-state index in [4.69, 9.17) is 16.3 Å². The first kappa shape index (κ1) is 16.1. The van der Waals surface area contributed by atoms with Crippen molar-refractivity contribution < 1.29 is 9.53 Å². The molecular weight excluding hydrogens is 288 g/mol. The summed E-state index contributed by atoms with van der Waals surface area (Å²) in [4.78, 5) is 11.7. The van der Waals surface area contributed by atoms with Crippen molar-refractivity contribution in [1.29, 1.82) is 0 Å². The second-order valence-corrected chi connectivity index (χ2v) is 6.91. The molecule has 2 rings (SSSR count). The van der Waals surface area contributed by atoms with Gasteiger partial charge in [-0.2, -0.15) is 0 Å². The first-order chi connectivity index (χ1) is 9.83. The van der Waals surface area contributed by atoms with Gasteiger partial charge >= 0.3 is 0 Å². The number of carbonyl (C=O) groups is 1. The Hall–Kier alpha value is -1.26. The molecule has 116 valence electrons. The highest BCUT2D eigenvalue weighted by Crippen LogP contribution is 2.26. The van der Waals surface area contributed by atoms with Gasteiger partial charge in [0.05, 0.1) is 5.02 Å². The minimum absolute atomic E-state index is 0.0311. The lowest BCUT2D eigenvalue weighted by Crippen LogP contribution is -2.43. The predicted molar refractivity (Wildman–Crippen MR) is 84.7 cm³/mol. The van der Waals surface area contributed by atoms with Crippen LogP contribution in [0.3, 0.4) is 0 Å². The summed E-state index contributed by atoms with van der Waals surface area (Å²) in [5, 5.41) is 6.81. The molecule has 0 aliphatic heterocycles. The van der Waals surface area contributed by atoms with Crippen LogP contribution < -0.4 is 15.4 Å². The molecule has 0 bridgehead atoms. The smallest absolute Gasteiger partial charge is 0.258 e. The quantitative estimate of drug-likeness (QED) is 0.849. The number of hydrogen-bond donors (Lipinski definition) is 2. The van der Waals surface area contributed by atoms with Crippen molar-refractivity contribution in [1.82, 2.24) is 10.6 Å². The van der Waals surface area contributed by atoms with Gasteiger partial charge in [-0.25, -0.2) is 0 Å². The highest BCUT2D eigenvalue weighted by molar-refractivity contribution is 6.32. The van der Waals surface area contributed by atoms with E-state index in [1.807, 2.05) is 39.0 Å². The molecule has 0 saturated heterocycles. The van der Waals surface area contributed by atoms with E-state index in [1.165, 1.54) is 12.8 Å². The van der Waals surface area contributed by atoms with Gasteiger partial charge in [0.25, 0.3) is 5.91 Å². The van der Waals surface area contributed by atoms with Gasteiger partial charge in [-0.1, -0.05) is 17.7 Å². The Bertz CT molecular complexity index is 507. The van der Waals surface area contributed by atoms with E-state index in [1.54, 1.807) is 0 Å².